The third-order valence-corrected chi connectivity index (χ3v) is 3.10. The Balaban J connectivity index is 2.17. The van der Waals surface area contributed by atoms with Crippen LogP contribution in [0.1, 0.15) is 24.1 Å². The molecule has 88 valence electrons. The Morgan fingerprint density at radius 2 is 1.82 bits per heavy atom. The van der Waals surface area contributed by atoms with Gasteiger partial charge < -0.3 is 5.32 Å². The van der Waals surface area contributed by atoms with Crippen LogP contribution >= 0.6 is 11.6 Å². The van der Waals surface area contributed by atoms with E-state index >= 15 is 0 Å². The quantitative estimate of drug-likeness (QED) is 0.817. The van der Waals surface area contributed by atoms with Gasteiger partial charge >= 0.3 is 0 Å². The summed E-state index contributed by atoms with van der Waals surface area (Å²) in [5.41, 5.74) is 3.61. The Morgan fingerprint density at radius 3 is 2.53 bits per heavy atom. The minimum absolute atomic E-state index is 0.245. The Labute approximate surface area is 107 Å². The summed E-state index contributed by atoms with van der Waals surface area (Å²) in [7, 11) is 0. The largest absolute Gasteiger partial charge is 0.378 e. The van der Waals surface area contributed by atoms with E-state index in [1.54, 1.807) is 0 Å². The van der Waals surface area contributed by atoms with Crippen molar-refractivity contribution in [1.82, 2.24) is 0 Å². The first kappa shape index (κ1) is 12.0. The molecular formula is C15H16ClN. The second-order valence-electron chi connectivity index (χ2n) is 4.24. The molecule has 0 radical (unpaired) electrons. The molecule has 0 saturated carbocycles. The molecule has 1 nitrogen and oxygen atoms in total. The molecule has 0 fully saturated rings. The van der Waals surface area contributed by atoms with Gasteiger partial charge in [0.25, 0.3) is 0 Å². The summed E-state index contributed by atoms with van der Waals surface area (Å²) in [4.78, 5) is 0. The summed E-state index contributed by atoms with van der Waals surface area (Å²) >= 11 is 6.00. The van der Waals surface area contributed by atoms with Gasteiger partial charge in [-0.2, -0.15) is 0 Å². The molecule has 0 aliphatic carbocycles. The number of para-hydroxylation sites is 1. The van der Waals surface area contributed by atoms with Gasteiger partial charge in [0.1, 0.15) is 0 Å². The number of rotatable bonds is 3. The minimum atomic E-state index is 0.245. The number of aryl methyl sites for hydroxylation is 1. The third kappa shape index (κ3) is 3.01. The monoisotopic (exact) mass is 245 g/mol. The van der Waals surface area contributed by atoms with Crippen LogP contribution < -0.4 is 5.32 Å². The average molecular weight is 246 g/mol. The number of halogens is 1. The fourth-order valence-electron chi connectivity index (χ4n) is 1.83. The second kappa shape index (κ2) is 5.24. The van der Waals surface area contributed by atoms with Crippen molar-refractivity contribution in [2.24, 2.45) is 0 Å². The van der Waals surface area contributed by atoms with Gasteiger partial charge in [-0.25, -0.2) is 0 Å². The Morgan fingerprint density at radius 1 is 1.06 bits per heavy atom. The van der Waals surface area contributed by atoms with E-state index in [4.69, 9.17) is 11.6 Å². The van der Waals surface area contributed by atoms with Gasteiger partial charge in [-0.05, 0) is 43.2 Å². The minimum Gasteiger partial charge on any atom is -0.378 e. The molecule has 0 aliphatic heterocycles. The molecule has 0 aliphatic rings. The van der Waals surface area contributed by atoms with Crippen LogP contribution in [-0.2, 0) is 0 Å². The molecule has 0 aromatic heterocycles. The lowest BCUT2D eigenvalue weighted by Crippen LogP contribution is -2.07. The molecule has 2 aromatic rings. The normalized spacial score (nSPS) is 12.2. The molecule has 2 aromatic carbocycles. The van der Waals surface area contributed by atoms with Crippen LogP contribution in [0.15, 0.2) is 48.5 Å². The van der Waals surface area contributed by atoms with Gasteiger partial charge in [0.05, 0.1) is 0 Å². The van der Waals surface area contributed by atoms with Gasteiger partial charge in [0.2, 0.25) is 0 Å². The molecule has 17 heavy (non-hydrogen) atoms. The zero-order valence-electron chi connectivity index (χ0n) is 10.1. The summed E-state index contributed by atoms with van der Waals surface area (Å²) in [6.45, 7) is 4.24. The zero-order valence-corrected chi connectivity index (χ0v) is 10.8. The third-order valence-electron chi connectivity index (χ3n) is 2.87. The van der Waals surface area contributed by atoms with Crippen molar-refractivity contribution in [3.8, 4) is 0 Å². The molecule has 1 unspecified atom stereocenters. The molecule has 2 rings (SSSR count). The summed E-state index contributed by atoms with van der Waals surface area (Å²) in [5.74, 6) is 0. The van der Waals surface area contributed by atoms with E-state index in [1.807, 2.05) is 30.3 Å². The first-order chi connectivity index (χ1) is 8.16. The van der Waals surface area contributed by atoms with E-state index in [0.717, 1.165) is 5.02 Å². The van der Waals surface area contributed by atoms with Gasteiger partial charge in [0.15, 0.2) is 0 Å². The average Bonchev–Trinajstić information content (AvgIpc) is 2.32. The van der Waals surface area contributed by atoms with E-state index in [9.17, 15) is 0 Å². The van der Waals surface area contributed by atoms with Gasteiger partial charge in [-0.15, -0.1) is 0 Å². The highest BCUT2D eigenvalue weighted by Gasteiger charge is 2.06. The smallest absolute Gasteiger partial charge is 0.0486 e. The number of anilines is 1. The highest BCUT2D eigenvalue weighted by Crippen LogP contribution is 2.23. The first-order valence-electron chi connectivity index (χ1n) is 5.74. The summed E-state index contributed by atoms with van der Waals surface area (Å²) in [6.07, 6.45) is 0. The lowest BCUT2D eigenvalue weighted by Gasteiger charge is -2.17. The van der Waals surface area contributed by atoms with Crippen molar-refractivity contribution >= 4 is 17.3 Å². The molecular weight excluding hydrogens is 230 g/mol. The van der Waals surface area contributed by atoms with Crippen molar-refractivity contribution in [2.45, 2.75) is 19.9 Å². The van der Waals surface area contributed by atoms with Crippen LogP contribution in [-0.4, -0.2) is 0 Å². The highest BCUT2D eigenvalue weighted by atomic mass is 35.5. The van der Waals surface area contributed by atoms with E-state index in [1.165, 1.54) is 16.8 Å². The van der Waals surface area contributed by atoms with Crippen molar-refractivity contribution in [1.29, 1.82) is 0 Å². The first-order valence-corrected chi connectivity index (χ1v) is 6.12. The maximum Gasteiger partial charge on any atom is 0.0486 e. The van der Waals surface area contributed by atoms with Crippen molar-refractivity contribution < 1.29 is 0 Å². The van der Waals surface area contributed by atoms with Gasteiger partial charge in [-0.3, -0.25) is 0 Å². The summed E-state index contributed by atoms with van der Waals surface area (Å²) < 4.78 is 0. The van der Waals surface area contributed by atoms with E-state index < -0.39 is 0 Å². The Hall–Kier alpha value is -1.47. The van der Waals surface area contributed by atoms with Crippen LogP contribution in [0.25, 0.3) is 0 Å². The maximum absolute atomic E-state index is 6.00. The SMILES string of the molecule is Cc1ccccc1NC(C)c1cccc(Cl)c1. The lowest BCUT2D eigenvalue weighted by atomic mass is 10.1. The molecule has 0 heterocycles. The van der Waals surface area contributed by atoms with E-state index in [2.05, 4.69) is 37.4 Å². The predicted molar refractivity (Wildman–Crippen MR) is 74.7 cm³/mol. The molecule has 0 amide bonds. The fourth-order valence-corrected chi connectivity index (χ4v) is 2.03. The van der Waals surface area contributed by atoms with Crippen molar-refractivity contribution in [3.63, 3.8) is 0 Å². The zero-order chi connectivity index (χ0) is 12.3. The van der Waals surface area contributed by atoms with Gasteiger partial charge in [0, 0.05) is 16.8 Å². The number of benzene rings is 2. The summed E-state index contributed by atoms with van der Waals surface area (Å²) in [6, 6.07) is 16.5. The van der Waals surface area contributed by atoms with Crippen LogP contribution in [0.3, 0.4) is 0 Å². The van der Waals surface area contributed by atoms with Crippen molar-refractivity contribution in [2.75, 3.05) is 5.32 Å². The number of nitrogens with one attached hydrogen (secondary N) is 1. The lowest BCUT2D eigenvalue weighted by molar-refractivity contribution is 0.883. The number of hydrogen-bond acceptors (Lipinski definition) is 1. The summed E-state index contributed by atoms with van der Waals surface area (Å²) in [5, 5.41) is 4.27. The predicted octanol–water partition coefficient (Wildman–Crippen LogP) is 4.82. The van der Waals surface area contributed by atoms with Gasteiger partial charge in [-0.1, -0.05) is 41.9 Å². The molecule has 1 N–H and O–H groups in total. The molecule has 1 atom stereocenters. The Bertz CT molecular complexity index is 508. The van der Waals surface area contributed by atoms with Crippen LogP contribution in [0, 0.1) is 6.92 Å². The van der Waals surface area contributed by atoms with Crippen LogP contribution in [0.4, 0.5) is 5.69 Å². The van der Waals surface area contributed by atoms with Crippen LogP contribution in [0.5, 0.6) is 0 Å². The molecule has 0 bridgehead atoms. The van der Waals surface area contributed by atoms with E-state index in [0.29, 0.717) is 0 Å². The molecule has 0 saturated heterocycles. The topological polar surface area (TPSA) is 12.0 Å². The highest BCUT2D eigenvalue weighted by molar-refractivity contribution is 6.30. The number of hydrogen-bond donors (Lipinski definition) is 1. The second-order valence-corrected chi connectivity index (χ2v) is 4.67. The molecule has 2 heteroatoms. The molecule has 0 spiro atoms. The van der Waals surface area contributed by atoms with Crippen LogP contribution in [0.2, 0.25) is 5.02 Å². The Kier molecular flexibility index (Phi) is 3.70. The standard InChI is InChI=1S/C15H16ClN/c1-11-6-3-4-9-15(11)17-12(2)13-7-5-8-14(16)10-13/h3-10,12,17H,1-2H3. The fraction of sp³-hybridized carbons (Fsp3) is 0.200. The van der Waals surface area contributed by atoms with Crippen molar-refractivity contribution in [3.05, 3.63) is 64.7 Å². The maximum atomic E-state index is 6.00. The van der Waals surface area contributed by atoms with E-state index in [-0.39, 0.29) is 6.04 Å².